The van der Waals surface area contributed by atoms with Crippen molar-refractivity contribution in [2.75, 3.05) is 40.4 Å². The van der Waals surface area contributed by atoms with Gasteiger partial charge in [0.25, 0.3) is 0 Å². The van der Waals surface area contributed by atoms with Crippen LogP contribution in [0.5, 0.6) is 5.75 Å². The first kappa shape index (κ1) is 23.1. The first-order valence-corrected chi connectivity index (χ1v) is 10.9. The summed E-state index contributed by atoms with van der Waals surface area (Å²) >= 11 is 6.37. The Bertz CT molecular complexity index is 887. The molecule has 2 aromatic carbocycles. The fraction of sp³-hybridized carbons (Fsp3) is 0.417. The van der Waals surface area contributed by atoms with E-state index in [0.29, 0.717) is 44.0 Å². The first-order chi connectivity index (χ1) is 15.0. The van der Waals surface area contributed by atoms with Crippen LogP contribution in [0.25, 0.3) is 0 Å². The van der Waals surface area contributed by atoms with Crippen molar-refractivity contribution in [1.82, 2.24) is 9.80 Å². The van der Waals surface area contributed by atoms with E-state index in [9.17, 15) is 9.59 Å². The Kier molecular flexibility index (Phi) is 8.32. The van der Waals surface area contributed by atoms with Gasteiger partial charge in [0.1, 0.15) is 11.8 Å². The van der Waals surface area contributed by atoms with E-state index in [-0.39, 0.29) is 11.9 Å². The summed E-state index contributed by atoms with van der Waals surface area (Å²) in [4.78, 5) is 29.3. The van der Waals surface area contributed by atoms with Gasteiger partial charge >= 0.3 is 5.97 Å². The molecule has 1 saturated heterocycles. The minimum atomic E-state index is -0.576. The van der Waals surface area contributed by atoms with E-state index in [2.05, 4.69) is 4.90 Å². The monoisotopic (exact) mass is 444 g/mol. The highest BCUT2D eigenvalue weighted by atomic mass is 35.5. The number of ether oxygens (including phenoxy) is 2. The zero-order chi connectivity index (χ0) is 22.2. The van der Waals surface area contributed by atoms with Crippen molar-refractivity contribution in [3.63, 3.8) is 0 Å². The molecule has 0 saturated carbocycles. The number of hydrogen-bond acceptors (Lipinski definition) is 5. The highest BCUT2D eigenvalue weighted by Crippen LogP contribution is 2.29. The summed E-state index contributed by atoms with van der Waals surface area (Å²) in [5, 5.41) is 0.537. The maximum atomic E-state index is 12.8. The average molecular weight is 445 g/mol. The number of carbonyl (C=O) groups excluding carboxylic acids is 2. The SMILES string of the molecule is COC(=O)C(c1ccccc1Cl)N1CCCN(C(=O)CCc2ccc(OC)cc2)CC1. The molecule has 2 aromatic rings. The van der Waals surface area contributed by atoms with Crippen LogP contribution in [0.2, 0.25) is 5.02 Å². The summed E-state index contributed by atoms with van der Waals surface area (Å²) in [6.07, 6.45) is 1.93. The molecule has 1 aliphatic rings. The van der Waals surface area contributed by atoms with E-state index in [1.54, 1.807) is 13.2 Å². The third-order valence-corrected chi connectivity index (χ3v) is 6.00. The third-order valence-electron chi connectivity index (χ3n) is 5.66. The van der Waals surface area contributed by atoms with E-state index in [0.717, 1.165) is 23.3 Å². The minimum Gasteiger partial charge on any atom is -0.497 e. The summed E-state index contributed by atoms with van der Waals surface area (Å²) in [5.41, 5.74) is 1.84. The van der Waals surface area contributed by atoms with Gasteiger partial charge in [-0.3, -0.25) is 9.69 Å². The molecule has 1 aliphatic heterocycles. The molecule has 1 unspecified atom stereocenters. The normalized spacial score (nSPS) is 15.8. The Hall–Kier alpha value is -2.57. The third kappa shape index (κ3) is 5.99. The number of carbonyl (C=O) groups is 2. The van der Waals surface area contributed by atoms with Gasteiger partial charge in [-0.25, -0.2) is 4.79 Å². The van der Waals surface area contributed by atoms with Crippen molar-refractivity contribution < 1.29 is 19.1 Å². The molecule has 1 heterocycles. The summed E-state index contributed by atoms with van der Waals surface area (Å²) in [5.74, 6) is 0.596. The van der Waals surface area contributed by atoms with Crippen LogP contribution < -0.4 is 4.74 Å². The summed E-state index contributed by atoms with van der Waals surface area (Å²) in [7, 11) is 3.02. The van der Waals surface area contributed by atoms with Gasteiger partial charge in [-0.1, -0.05) is 41.9 Å². The van der Waals surface area contributed by atoms with Gasteiger partial charge in [-0.15, -0.1) is 0 Å². The van der Waals surface area contributed by atoms with Gasteiger partial charge in [0.15, 0.2) is 0 Å². The molecule has 6 nitrogen and oxygen atoms in total. The van der Waals surface area contributed by atoms with Crippen LogP contribution in [-0.2, 0) is 20.7 Å². The second-order valence-electron chi connectivity index (χ2n) is 7.57. The van der Waals surface area contributed by atoms with Crippen LogP contribution in [-0.4, -0.2) is 62.1 Å². The summed E-state index contributed by atoms with van der Waals surface area (Å²) in [6, 6.07) is 14.5. The number of amides is 1. The number of benzene rings is 2. The lowest BCUT2D eigenvalue weighted by atomic mass is 10.0. The standard InChI is InChI=1S/C24H29ClN2O4/c1-30-19-11-8-18(9-12-19)10-13-22(28)26-14-5-15-27(17-16-26)23(24(29)31-2)20-6-3-4-7-21(20)25/h3-4,6-9,11-12,23H,5,10,13-17H2,1-2H3. The van der Waals surface area contributed by atoms with Gasteiger partial charge in [-0.05, 0) is 42.2 Å². The molecule has 0 bridgehead atoms. The van der Waals surface area contributed by atoms with Crippen molar-refractivity contribution in [3.8, 4) is 5.75 Å². The molecule has 0 N–H and O–H groups in total. The Morgan fingerprint density at radius 1 is 1.00 bits per heavy atom. The van der Waals surface area contributed by atoms with Crippen LogP contribution in [0.15, 0.2) is 48.5 Å². The van der Waals surface area contributed by atoms with Crippen LogP contribution >= 0.6 is 11.6 Å². The number of methoxy groups -OCH3 is 2. The second-order valence-corrected chi connectivity index (χ2v) is 7.97. The smallest absolute Gasteiger partial charge is 0.327 e. The summed E-state index contributed by atoms with van der Waals surface area (Å²) in [6.45, 7) is 2.51. The molecule has 1 amide bonds. The van der Waals surface area contributed by atoms with E-state index in [4.69, 9.17) is 21.1 Å². The van der Waals surface area contributed by atoms with Crippen LogP contribution in [0.1, 0.15) is 30.0 Å². The topological polar surface area (TPSA) is 59.1 Å². The quantitative estimate of drug-likeness (QED) is 0.609. The van der Waals surface area contributed by atoms with Gasteiger partial charge in [0.05, 0.1) is 14.2 Å². The molecule has 1 atom stereocenters. The van der Waals surface area contributed by atoms with Crippen LogP contribution in [0.3, 0.4) is 0 Å². The van der Waals surface area contributed by atoms with Crippen molar-refractivity contribution in [3.05, 3.63) is 64.7 Å². The van der Waals surface area contributed by atoms with E-state index >= 15 is 0 Å². The fourth-order valence-corrected chi connectivity index (χ4v) is 4.17. The number of nitrogens with zero attached hydrogens (tertiary/aromatic N) is 2. The predicted molar refractivity (Wildman–Crippen MR) is 120 cm³/mol. The van der Waals surface area contributed by atoms with Gasteiger partial charge in [0, 0.05) is 37.6 Å². The van der Waals surface area contributed by atoms with Crippen molar-refractivity contribution in [2.45, 2.75) is 25.3 Å². The number of halogens is 1. The minimum absolute atomic E-state index is 0.130. The molecule has 0 radical (unpaired) electrons. The number of aryl methyl sites for hydroxylation is 1. The van der Waals surface area contributed by atoms with E-state index in [1.165, 1.54) is 7.11 Å². The predicted octanol–water partition coefficient (Wildman–Crippen LogP) is 3.73. The van der Waals surface area contributed by atoms with Gasteiger partial charge < -0.3 is 14.4 Å². The van der Waals surface area contributed by atoms with Crippen molar-refractivity contribution >= 4 is 23.5 Å². The first-order valence-electron chi connectivity index (χ1n) is 10.5. The highest BCUT2D eigenvalue weighted by Gasteiger charge is 2.32. The van der Waals surface area contributed by atoms with Gasteiger partial charge in [-0.2, -0.15) is 0 Å². The highest BCUT2D eigenvalue weighted by molar-refractivity contribution is 6.31. The molecule has 0 spiro atoms. The fourth-order valence-electron chi connectivity index (χ4n) is 3.93. The molecular formula is C24H29ClN2O4. The van der Waals surface area contributed by atoms with E-state index < -0.39 is 6.04 Å². The van der Waals surface area contributed by atoms with Crippen LogP contribution in [0, 0.1) is 0 Å². The van der Waals surface area contributed by atoms with Crippen molar-refractivity contribution in [1.29, 1.82) is 0 Å². The second kappa shape index (κ2) is 11.2. The zero-order valence-corrected chi connectivity index (χ0v) is 18.8. The Labute approximate surface area is 188 Å². The molecular weight excluding hydrogens is 416 g/mol. The van der Waals surface area contributed by atoms with E-state index in [1.807, 2.05) is 47.4 Å². The van der Waals surface area contributed by atoms with Crippen LogP contribution in [0.4, 0.5) is 0 Å². The number of rotatable bonds is 7. The summed E-state index contributed by atoms with van der Waals surface area (Å²) < 4.78 is 10.2. The molecule has 1 fully saturated rings. The maximum absolute atomic E-state index is 12.8. The lowest BCUT2D eigenvalue weighted by Gasteiger charge is -2.29. The molecule has 3 rings (SSSR count). The molecule has 31 heavy (non-hydrogen) atoms. The Morgan fingerprint density at radius 2 is 1.74 bits per heavy atom. The molecule has 7 heteroatoms. The largest absolute Gasteiger partial charge is 0.497 e. The molecule has 0 aliphatic carbocycles. The van der Waals surface area contributed by atoms with Gasteiger partial charge in [0.2, 0.25) is 5.91 Å². The average Bonchev–Trinajstić information content (AvgIpc) is 3.05. The molecule has 166 valence electrons. The maximum Gasteiger partial charge on any atom is 0.327 e. The Balaban J connectivity index is 1.62. The number of esters is 1. The molecule has 0 aromatic heterocycles. The number of hydrogen-bond donors (Lipinski definition) is 0. The lowest BCUT2D eigenvalue weighted by molar-refractivity contribution is -0.147. The van der Waals surface area contributed by atoms with Crippen molar-refractivity contribution in [2.24, 2.45) is 0 Å². The lowest BCUT2D eigenvalue weighted by Crippen LogP contribution is -2.39. The Morgan fingerprint density at radius 3 is 2.42 bits per heavy atom. The zero-order valence-electron chi connectivity index (χ0n) is 18.1.